The first kappa shape index (κ1) is 22.6. The summed E-state index contributed by atoms with van der Waals surface area (Å²) in [5, 5.41) is 11.8. The minimum absolute atomic E-state index is 0.550. The third-order valence-corrected chi connectivity index (χ3v) is 9.70. The van der Waals surface area contributed by atoms with Crippen LogP contribution in [0.5, 0.6) is 0 Å². The van der Waals surface area contributed by atoms with Crippen LogP contribution in [0.15, 0.2) is 126 Å². The Hall–Kier alpha value is -5.25. The second kappa shape index (κ2) is 8.14. The summed E-state index contributed by atoms with van der Waals surface area (Å²) < 4.78 is 2.30. The van der Waals surface area contributed by atoms with Crippen LogP contribution >= 0.6 is 11.8 Å². The van der Waals surface area contributed by atoms with E-state index in [1.54, 1.807) is 0 Å². The van der Waals surface area contributed by atoms with Gasteiger partial charge in [0.1, 0.15) is 0 Å². The van der Waals surface area contributed by atoms with Gasteiger partial charge in [0.05, 0.1) is 51.4 Å². The molecule has 0 unspecified atom stereocenters. The highest BCUT2D eigenvalue weighted by molar-refractivity contribution is 7.99. The highest BCUT2D eigenvalue weighted by atomic mass is 32.2. The molecule has 0 N–H and O–H groups in total. The molecule has 0 fully saturated rings. The van der Waals surface area contributed by atoms with Gasteiger partial charge in [-0.1, -0.05) is 54.2 Å². The van der Waals surface area contributed by atoms with Gasteiger partial charge in [-0.25, -0.2) is 0 Å². The summed E-state index contributed by atoms with van der Waals surface area (Å²) in [5.41, 5.74) is 9.88. The van der Waals surface area contributed by atoms with Gasteiger partial charge in [-0.2, -0.15) is 5.26 Å². The molecule has 0 atom stereocenters. The molecule has 1 aliphatic carbocycles. The van der Waals surface area contributed by atoms with Crippen molar-refractivity contribution in [3.63, 3.8) is 0 Å². The number of nitrogens with zero attached hydrogens (tertiary/aromatic N) is 5. The van der Waals surface area contributed by atoms with E-state index in [9.17, 15) is 5.26 Å². The molecule has 5 nitrogen and oxygen atoms in total. The molecular formula is C35H19N5S. The van der Waals surface area contributed by atoms with Gasteiger partial charge in [-0.05, 0) is 70.8 Å². The zero-order valence-electron chi connectivity index (χ0n) is 21.6. The van der Waals surface area contributed by atoms with Gasteiger partial charge in [0.25, 0.3) is 0 Å². The zero-order chi connectivity index (χ0) is 27.1. The molecule has 4 aromatic heterocycles. The number of hydrogen-bond donors (Lipinski definition) is 0. The fourth-order valence-electron chi connectivity index (χ4n) is 6.94. The average Bonchev–Trinajstić information content (AvgIpc) is 3.52. The van der Waals surface area contributed by atoms with Crippen LogP contribution < -0.4 is 0 Å². The van der Waals surface area contributed by atoms with Crippen molar-refractivity contribution in [2.24, 2.45) is 0 Å². The van der Waals surface area contributed by atoms with Crippen LogP contribution in [-0.4, -0.2) is 19.5 Å². The van der Waals surface area contributed by atoms with E-state index in [1.807, 2.05) is 66.9 Å². The topological polar surface area (TPSA) is 67.4 Å². The Labute approximate surface area is 239 Å². The number of aromatic nitrogens is 4. The van der Waals surface area contributed by atoms with Crippen LogP contribution in [0, 0.1) is 11.3 Å². The Morgan fingerprint density at radius 3 is 2.24 bits per heavy atom. The summed E-state index contributed by atoms with van der Waals surface area (Å²) in [6.07, 6.45) is 7.46. The van der Waals surface area contributed by atoms with Gasteiger partial charge >= 0.3 is 0 Å². The number of nitriles is 1. The molecular weight excluding hydrogens is 522 g/mol. The van der Waals surface area contributed by atoms with E-state index in [0.29, 0.717) is 5.56 Å². The zero-order valence-corrected chi connectivity index (χ0v) is 22.4. The van der Waals surface area contributed by atoms with Gasteiger partial charge in [0, 0.05) is 39.2 Å². The monoisotopic (exact) mass is 541 g/mol. The largest absolute Gasteiger partial charge is 0.307 e. The van der Waals surface area contributed by atoms with Crippen LogP contribution in [0.1, 0.15) is 27.8 Å². The third-order valence-electron chi connectivity index (χ3n) is 8.49. The second-order valence-corrected chi connectivity index (χ2v) is 11.4. The SMILES string of the molecule is N#Cc1ccc2c(c1)c1ccncc1n2-c1cccc2c1Sc1ccccc1C21c2cccnc2-c2ncccc21. The molecule has 0 radical (unpaired) electrons. The first-order chi connectivity index (χ1) is 20.3. The van der Waals surface area contributed by atoms with E-state index in [-0.39, 0.29) is 0 Å². The number of rotatable bonds is 1. The molecule has 190 valence electrons. The van der Waals surface area contributed by atoms with Gasteiger partial charge in [0.2, 0.25) is 0 Å². The standard InChI is InChI=1S/C35H19N5S/c36-19-21-12-13-28-23(18-21)22-14-17-37-20-30(22)40(28)29-10-3-7-27-34(29)41-31-11-2-1-6-24(31)35(27)25-8-4-15-38-32(25)33-26(35)9-5-16-39-33/h1-18,20H. The maximum atomic E-state index is 9.64. The van der Waals surface area contributed by atoms with Crippen LogP contribution in [0.3, 0.4) is 0 Å². The fourth-order valence-corrected chi connectivity index (χ4v) is 8.23. The lowest BCUT2D eigenvalue weighted by Gasteiger charge is -2.39. The van der Waals surface area contributed by atoms with Crippen LogP contribution in [0.4, 0.5) is 0 Å². The van der Waals surface area contributed by atoms with Crippen molar-refractivity contribution >= 4 is 33.6 Å². The molecule has 5 heterocycles. The van der Waals surface area contributed by atoms with E-state index in [2.05, 4.69) is 76.3 Å². The second-order valence-electron chi connectivity index (χ2n) is 10.4. The molecule has 3 aromatic carbocycles. The molecule has 0 saturated heterocycles. The first-order valence-electron chi connectivity index (χ1n) is 13.4. The van der Waals surface area contributed by atoms with E-state index < -0.39 is 5.41 Å². The maximum absolute atomic E-state index is 9.64. The van der Waals surface area contributed by atoms with Crippen molar-refractivity contribution in [2.45, 2.75) is 15.2 Å². The molecule has 41 heavy (non-hydrogen) atoms. The summed E-state index contributed by atoms with van der Waals surface area (Å²) in [6.45, 7) is 0. The Balaban J connectivity index is 1.44. The maximum Gasteiger partial charge on any atom is 0.0991 e. The van der Waals surface area contributed by atoms with E-state index in [0.717, 1.165) is 50.0 Å². The fraction of sp³-hybridized carbons (Fsp3) is 0.0286. The predicted octanol–water partition coefficient (Wildman–Crippen LogP) is 7.67. The number of hydrogen-bond acceptors (Lipinski definition) is 5. The molecule has 0 bridgehead atoms. The lowest BCUT2D eigenvalue weighted by molar-refractivity contribution is 0.717. The van der Waals surface area contributed by atoms with Gasteiger partial charge in [0.15, 0.2) is 0 Å². The number of fused-ring (bicyclic) bond motifs is 12. The first-order valence-corrected chi connectivity index (χ1v) is 14.2. The summed E-state index contributed by atoms with van der Waals surface area (Å²) in [5.74, 6) is 0. The minimum atomic E-state index is -0.550. The van der Waals surface area contributed by atoms with Crippen molar-refractivity contribution < 1.29 is 0 Å². The normalized spacial score (nSPS) is 13.9. The Morgan fingerprint density at radius 1 is 0.683 bits per heavy atom. The van der Waals surface area contributed by atoms with Gasteiger partial charge in [-0.3, -0.25) is 15.0 Å². The molecule has 1 spiro atoms. The quantitative estimate of drug-likeness (QED) is 0.213. The molecule has 2 aliphatic rings. The third kappa shape index (κ3) is 2.78. The van der Waals surface area contributed by atoms with Crippen LogP contribution in [0.25, 0.3) is 38.9 Å². The summed E-state index contributed by atoms with van der Waals surface area (Å²) in [4.78, 5) is 16.6. The lowest BCUT2D eigenvalue weighted by atomic mass is 9.67. The summed E-state index contributed by atoms with van der Waals surface area (Å²) in [6, 6.07) is 34.1. The Kier molecular flexibility index (Phi) is 4.48. The van der Waals surface area contributed by atoms with Gasteiger partial charge in [-0.15, -0.1) is 0 Å². The van der Waals surface area contributed by atoms with Crippen molar-refractivity contribution in [2.75, 3.05) is 0 Å². The van der Waals surface area contributed by atoms with E-state index in [4.69, 9.17) is 9.97 Å². The molecule has 1 aliphatic heterocycles. The van der Waals surface area contributed by atoms with Crippen molar-refractivity contribution in [3.05, 3.63) is 144 Å². The van der Waals surface area contributed by atoms with Crippen LogP contribution in [-0.2, 0) is 5.41 Å². The van der Waals surface area contributed by atoms with E-state index in [1.165, 1.54) is 20.9 Å². The van der Waals surface area contributed by atoms with E-state index >= 15 is 0 Å². The highest BCUT2D eigenvalue weighted by Crippen LogP contribution is 2.62. The predicted molar refractivity (Wildman–Crippen MR) is 160 cm³/mol. The summed E-state index contributed by atoms with van der Waals surface area (Å²) >= 11 is 1.81. The number of benzene rings is 3. The Morgan fingerprint density at radius 2 is 1.44 bits per heavy atom. The number of pyridine rings is 3. The van der Waals surface area contributed by atoms with Gasteiger partial charge < -0.3 is 4.57 Å². The molecule has 9 rings (SSSR count). The molecule has 0 saturated carbocycles. The lowest BCUT2D eigenvalue weighted by Crippen LogP contribution is -2.32. The average molecular weight is 542 g/mol. The summed E-state index contributed by atoms with van der Waals surface area (Å²) in [7, 11) is 0. The minimum Gasteiger partial charge on any atom is -0.307 e. The smallest absolute Gasteiger partial charge is 0.0991 e. The Bertz CT molecular complexity index is 2230. The molecule has 6 heteroatoms. The molecule has 7 aromatic rings. The molecule has 0 amide bonds. The van der Waals surface area contributed by atoms with Crippen molar-refractivity contribution in [1.82, 2.24) is 19.5 Å². The van der Waals surface area contributed by atoms with Crippen LogP contribution in [0.2, 0.25) is 0 Å². The van der Waals surface area contributed by atoms with Crippen molar-refractivity contribution in [3.8, 4) is 23.1 Å². The van der Waals surface area contributed by atoms with Crippen molar-refractivity contribution in [1.29, 1.82) is 5.26 Å². The highest BCUT2D eigenvalue weighted by Gasteiger charge is 2.51.